The lowest BCUT2D eigenvalue weighted by Crippen LogP contribution is -2.61. The first kappa shape index (κ1) is 50.0. The Balaban J connectivity index is 1.05. The number of benzene rings is 12. The van der Waals surface area contributed by atoms with Crippen LogP contribution in [0.2, 0.25) is 0 Å². The van der Waals surface area contributed by atoms with Gasteiger partial charge in [-0.15, -0.1) is 0 Å². The van der Waals surface area contributed by atoms with Crippen molar-refractivity contribution in [1.29, 1.82) is 0 Å². The van der Waals surface area contributed by atoms with Crippen molar-refractivity contribution in [2.24, 2.45) is 0 Å². The number of rotatable bonds is 14. The second-order valence-corrected chi connectivity index (χ2v) is 22.7. The van der Waals surface area contributed by atoms with Crippen molar-refractivity contribution in [2.45, 2.75) is 25.7 Å². The van der Waals surface area contributed by atoms with Crippen LogP contribution in [0.4, 0.5) is 34.1 Å². The molecule has 0 N–H and O–H groups in total. The largest absolute Gasteiger partial charge is 0.311 e. The van der Waals surface area contributed by atoms with E-state index in [4.69, 9.17) is 0 Å². The minimum absolute atomic E-state index is 0.0753. The van der Waals surface area contributed by atoms with Gasteiger partial charge in [0.15, 0.2) is 0 Å². The van der Waals surface area contributed by atoms with E-state index >= 15 is 0 Å². The minimum atomic E-state index is -0.0753. The van der Waals surface area contributed by atoms with Crippen molar-refractivity contribution in [3.05, 3.63) is 336 Å². The van der Waals surface area contributed by atoms with Crippen molar-refractivity contribution in [3.8, 4) is 33.4 Å². The first-order chi connectivity index (χ1) is 40.1. The van der Waals surface area contributed by atoms with Gasteiger partial charge in [0, 0.05) is 34.1 Å². The van der Waals surface area contributed by atoms with E-state index in [-0.39, 0.29) is 6.71 Å². The summed E-state index contributed by atoms with van der Waals surface area (Å²) >= 11 is 0. The van der Waals surface area contributed by atoms with Crippen LogP contribution in [0.1, 0.15) is 44.5 Å². The van der Waals surface area contributed by atoms with Crippen LogP contribution in [0.15, 0.2) is 291 Å². The summed E-state index contributed by atoms with van der Waals surface area (Å²) in [7, 11) is 0.609. The maximum atomic E-state index is 2.62. The number of nitrogens with zero attached hydrogens (tertiary/aromatic N) is 2. The summed E-state index contributed by atoms with van der Waals surface area (Å²) in [5, 5.41) is 1.40. The van der Waals surface area contributed by atoms with E-state index in [1.54, 1.807) is 0 Å². The van der Waals surface area contributed by atoms with Gasteiger partial charge in [-0.2, -0.15) is 0 Å². The number of hydrogen-bond acceptors (Lipinski definition) is 2. The molecule has 14 rings (SSSR count). The zero-order valence-electron chi connectivity index (χ0n) is 45.5. The zero-order valence-corrected chi connectivity index (χ0v) is 46.5. The molecule has 0 aliphatic carbocycles. The van der Waals surface area contributed by atoms with E-state index in [1.165, 1.54) is 122 Å². The highest BCUT2D eigenvalue weighted by atomic mass is 31.1. The molecule has 386 valence electrons. The van der Waals surface area contributed by atoms with Crippen LogP contribution < -0.4 is 31.5 Å². The molecule has 0 saturated carbocycles. The first-order valence-electron chi connectivity index (χ1n) is 28.4. The molecular formula is C77H60BN2P. The van der Waals surface area contributed by atoms with Gasteiger partial charge in [0.25, 0.3) is 6.71 Å². The SMILES string of the molecule is CPc1cc2c(cc1Cc1ccccc1)B1c3cc(Cc4ccccc4)c(-c4ccccc4)cc3N(c3ccc(Cc4ccccc4)c(-c4ccccc4)c3)c3cccc(c31)N2c1ccc(Cc2ccccc2)c(-c2ccccc2)c1. The molecule has 2 aliphatic rings. The third kappa shape index (κ3) is 9.79. The molecule has 1 unspecified atom stereocenters. The average molecular weight is 1060 g/mol. The Bertz CT molecular complexity index is 4190. The molecule has 0 spiro atoms. The lowest BCUT2D eigenvalue weighted by Gasteiger charge is -2.45. The fourth-order valence-corrected chi connectivity index (χ4v) is 13.6. The Labute approximate surface area is 479 Å². The molecule has 12 aromatic carbocycles. The van der Waals surface area contributed by atoms with Gasteiger partial charge in [-0.3, -0.25) is 0 Å². The summed E-state index contributed by atoms with van der Waals surface area (Å²) in [6, 6.07) is 109. The van der Waals surface area contributed by atoms with Crippen molar-refractivity contribution < 1.29 is 0 Å². The summed E-state index contributed by atoms with van der Waals surface area (Å²) in [5.74, 6) is 0. The second-order valence-electron chi connectivity index (χ2n) is 21.6. The number of anilines is 6. The summed E-state index contributed by atoms with van der Waals surface area (Å²) in [6.07, 6.45) is 3.34. The van der Waals surface area contributed by atoms with Crippen LogP contribution in [0, 0.1) is 0 Å². The maximum absolute atomic E-state index is 2.62. The van der Waals surface area contributed by atoms with Gasteiger partial charge in [0.05, 0.1) is 0 Å². The van der Waals surface area contributed by atoms with Gasteiger partial charge in [0.1, 0.15) is 0 Å². The Morgan fingerprint density at radius 1 is 0.296 bits per heavy atom. The summed E-state index contributed by atoms with van der Waals surface area (Å²) in [5.41, 5.74) is 29.0. The average Bonchev–Trinajstić information content (AvgIpc) is 3.67. The Hall–Kier alpha value is -9.27. The number of hydrogen-bond donors (Lipinski definition) is 0. The van der Waals surface area contributed by atoms with Gasteiger partial charge in [-0.05, 0) is 180 Å². The van der Waals surface area contributed by atoms with Crippen LogP contribution in [-0.2, 0) is 25.7 Å². The molecule has 0 radical (unpaired) electrons. The van der Waals surface area contributed by atoms with Gasteiger partial charge >= 0.3 is 0 Å². The molecule has 2 aliphatic heterocycles. The first-order valence-corrected chi connectivity index (χ1v) is 29.9. The standard InChI is InChI=1S/C77H60BN2P/c1-81-76-53-75-71(49-64(76)47-57-30-15-5-16-31-57)78-70-48-63(46-56-28-13-4-14-29-56)69(60-36-21-8-22-37-60)52-74(70)79(65-42-40-61(44-54-24-9-2-10-25-54)67(50-65)58-32-17-6-18-33-58)72-38-23-39-73(77(72)78)80(75)66-43-41-62(45-55-26-11-3-12-27-55)68(51-66)59-34-19-7-20-35-59/h2-43,48-53,81H,44-47H2,1H3. The van der Waals surface area contributed by atoms with Gasteiger partial charge < -0.3 is 9.80 Å². The third-order valence-corrected chi connectivity index (χ3v) is 17.6. The molecule has 2 nitrogen and oxygen atoms in total. The predicted octanol–water partition coefficient (Wildman–Crippen LogP) is 17.1. The van der Waals surface area contributed by atoms with E-state index in [0.717, 1.165) is 37.1 Å². The predicted molar refractivity (Wildman–Crippen MR) is 348 cm³/mol. The van der Waals surface area contributed by atoms with Crippen molar-refractivity contribution >= 4 is 71.1 Å². The lowest BCUT2D eigenvalue weighted by atomic mass is 9.33. The van der Waals surface area contributed by atoms with Crippen LogP contribution >= 0.6 is 8.58 Å². The minimum Gasteiger partial charge on any atom is -0.311 e. The highest BCUT2D eigenvalue weighted by Crippen LogP contribution is 2.47. The molecule has 0 aromatic heterocycles. The van der Waals surface area contributed by atoms with E-state index in [9.17, 15) is 0 Å². The normalized spacial score (nSPS) is 12.3. The molecule has 0 saturated heterocycles. The monoisotopic (exact) mass is 1050 g/mol. The highest BCUT2D eigenvalue weighted by molar-refractivity contribution is 7.46. The van der Waals surface area contributed by atoms with E-state index in [0.29, 0.717) is 8.58 Å². The van der Waals surface area contributed by atoms with Crippen LogP contribution in [0.25, 0.3) is 33.4 Å². The topological polar surface area (TPSA) is 6.48 Å². The Morgan fingerprint density at radius 3 is 1.05 bits per heavy atom. The summed E-state index contributed by atoms with van der Waals surface area (Å²) in [6.45, 7) is 2.28. The molecule has 2 heterocycles. The van der Waals surface area contributed by atoms with E-state index in [2.05, 4.69) is 308 Å². The fraction of sp³-hybridized carbons (Fsp3) is 0.0649. The van der Waals surface area contributed by atoms with Crippen molar-refractivity contribution in [1.82, 2.24) is 0 Å². The molecule has 0 amide bonds. The van der Waals surface area contributed by atoms with Crippen molar-refractivity contribution in [2.75, 3.05) is 16.5 Å². The summed E-state index contributed by atoms with van der Waals surface area (Å²) < 4.78 is 0. The van der Waals surface area contributed by atoms with Gasteiger partial charge in [-0.25, -0.2) is 0 Å². The fourth-order valence-electron chi connectivity index (χ4n) is 12.8. The highest BCUT2D eigenvalue weighted by Gasteiger charge is 2.44. The molecule has 4 heteroatoms. The van der Waals surface area contributed by atoms with Gasteiger partial charge in [-0.1, -0.05) is 251 Å². The molecule has 81 heavy (non-hydrogen) atoms. The molecular weight excluding hydrogens is 995 g/mol. The second kappa shape index (κ2) is 22.1. The lowest BCUT2D eigenvalue weighted by molar-refractivity contribution is 1.17. The quantitative estimate of drug-likeness (QED) is 0.0791. The number of fused-ring (bicyclic) bond motifs is 4. The van der Waals surface area contributed by atoms with E-state index in [1.807, 2.05) is 0 Å². The summed E-state index contributed by atoms with van der Waals surface area (Å²) in [4.78, 5) is 5.22. The molecule has 12 aromatic rings. The van der Waals surface area contributed by atoms with Crippen molar-refractivity contribution in [3.63, 3.8) is 0 Å². The van der Waals surface area contributed by atoms with Crippen LogP contribution in [0.5, 0.6) is 0 Å². The maximum Gasteiger partial charge on any atom is 0.252 e. The van der Waals surface area contributed by atoms with Gasteiger partial charge in [0.2, 0.25) is 0 Å². The molecule has 0 fully saturated rings. The zero-order chi connectivity index (χ0) is 54.1. The third-order valence-electron chi connectivity index (χ3n) is 16.6. The van der Waals surface area contributed by atoms with Crippen LogP contribution in [-0.4, -0.2) is 13.4 Å². The molecule has 1 atom stereocenters. The Kier molecular flexibility index (Phi) is 13.6. The molecule has 0 bridgehead atoms. The van der Waals surface area contributed by atoms with E-state index < -0.39 is 0 Å². The van der Waals surface area contributed by atoms with Crippen LogP contribution in [0.3, 0.4) is 0 Å². The Morgan fingerprint density at radius 2 is 0.642 bits per heavy atom. The smallest absolute Gasteiger partial charge is 0.252 e.